The van der Waals surface area contributed by atoms with Gasteiger partial charge < -0.3 is 9.84 Å². The maximum absolute atomic E-state index is 13.2. The number of ketones is 1. The van der Waals surface area contributed by atoms with E-state index in [1.54, 1.807) is 54.6 Å². The number of amides is 1. The molecule has 1 atom stereocenters. The van der Waals surface area contributed by atoms with Crippen molar-refractivity contribution in [3.63, 3.8) is 0 Å². The van der Waals surface area contributed by atoms with Crippen LogP contribution in [-0.2, 0) is 9.59 Å². The maximum atomic E-state index is 13.2. The molecule has 1 amide bonds. The van der Waals surface area contributed by atoms with Gasteiger partial charge in [-0.05, 0) is 55.8 Å². The molecular formula is C25H21ClN2O4S. The number of carbonyl (C=O) groups excluding carboxylic acids is 2. The predicted molar refractivity (Wildman–Crippen MR) is 130 cm³/mol. The molecule has 168 valence electrons. The van der Waals surface area contributed by atoms with Crippen LogP contribution in [0.5, 0.6) is 5.75 Å². The van der Waals surface area contributed by atoms with Crippen molar-refractivity contribution in [2.45, 2.75) is 19.9 Å². The summed E-state index contributed by atoms with van der Waals surface area (Å²) in [6, 6.07) is 12.6. The predicted octanol–water partition coefficient (Wildman–Crippen LogP) is 5.60. The molecule has 1 fully saturated rings. The standard InChI is InChI=1S/C25H21ClN2O4S/c1-4-13-32-19-11-7-16(8-12-19)21-20(22(29)17-5-9-18(26)10-6-17)23(30)24(31)28(21)25-27-14(2)15(3)33-25/h4-12,21,29H,1,13H2,2-3H3/t21-/m1/s1. The second-order valence-corrected chi connectivity index (χ2v) is 9.10. The summed E-state index contributed by atoms with van der Waals surface area (Å²) in [5.41, 5.74) is 1.80. The van der Waals surface area contributed by atoms with E-state index in [0.717, 1.165) is 10.6 Å². The summed E-state index contributed by atoms with van der Waals surface area (Å²) in [6.45, 7) is 7.74. The number of hydrogen-bond acceptors (Lipinski definition) is 6. The number of thiazole rings is 1. The molecular weight excluding hydrogens is 460 g/mol. The third-order valence-corrected chi connectivity index (χ3v) is 6.67. The van der Waals surface area contributed by atoms with Gasteiger partial charge in [0.05, 0.1) is 17.3 Å². The van der Waals surface area contributed by atoms with Crippen LogP contribution in [0.4, 0.5) is 5.13 Å². The number of Topliss-reactive ketones (excluding diaryl/α,β-unsaturated/α-hetero) is 1. The van der Waals surface area contributed by atoms with Gasteiger partial charge in [-0.3, -0.25) is 14.5 Å². The molecule has 1 aliphatic heterocycles. The molecule has 2 aromatic carbocycles. The number of ether oxygens (including phenoxy) is 1. The zero-order valence-electron chi connectivity index (χ0n) is 18.0. The number of benzene rings is 2. The second-order valence-electron chi connectivity index (χ2n) is 7.48. The first-order chi connectivity index (χ1) is 15.8. The van der Waals surface area contributed by atoms with Crippen molar-refractivity contribution in [3.8, 4) is 5.75 Å². The minimum Gasteiger partial charge on any atom is -0.507 e. The number of halogens is 1. The minimum atomic E-state index is -0.848. The normalized spacial score (nSPS) is 17.4. The number of carbonyl (C=O) groups is 2. The SMILES string of the molecule is C=CCOc1ccc([C@@H]2C(=C(O)c3ccc(Cl)cc3)C(=O)C(=O)N2c2nc(C)c(C)s2)cc1. The molecule has 0 bridgehead atoms. The number of aliphatic hydroxyl groups is 1. The molecule has 3 aromatic rings. The maximum Gasteiger partial charge on any atom is 0.301 e. The van der Waals surface area contributed by atoms with E-state index in [9.17, 15) is 14.7 Å². The van der Waals surface area contributed by atoms with Crippen molar-refractivity contribution >= 4 is 45.5 Å². The minimum absolute atomic E-state index is 0.00686. The molecule has 4 rings (SSSR count). The Hall–Kier alpha value is -3.42. The van der Waals surface area contributed by atoms with Crippen LogP contribution in [0.3, 0.4) is 0 Å². The topological polar surface area (TPSA) is 79.7 Å². The molecule has 2 heterocycles. The first kappa shape index (κ1) is 22.8. The number of hydrogen-bond donors (Lipinski definition) is 1. The second kappa shape index (κ2) is 9.21. The number of aromatic nitrogens is 1. The Bertz CT molecular complexity index is 1240. The molecule has 0 saturated carbocycles. The molecule has 1 aliphatic rings. The van der Waals surface area contributed by atoms with Gasteiger partial charge >= 0.3 is 5.91 Å². The van der Waals surface area contributed by atoms with Crippen LogP contribution in [0, 0.1) is 13.8 Å². The van der Waals surface area contributed by atoms with E-state index in [4.69, 9.17) is 16.3 Å². The highest BCUT2D eigenvalue weighted by molar-refractivity contribution is 7.16. The number of nitrogens with zero attached hydrogens (tertiary/aromatic N) is 2. The van der Waals surface area contributed by atoms with Crippen molar-refractivity contribution in [2.75, 3.05) is 11.5 Å². The first-order valence-electron chi connectivity index (χ1n) is 10.2. The molecule has 1 saturated heterocycles. The van der Waals surface area contributed by atoms with E-state index >= 15 is 0 Å². The average molecular weight is 481 g/mol. The van der Waals surface area contributed by atoms with E-state index in [0.29, 0.717) is 33.6 Å². The molecule has 0 spiro atoms. The molecule has 0 radical (unpaired) electrons. The molecule has 6 nitrogen and oxygen atoms in total. The fourth-order valence-electron chi connectivity index (χ4n) is 3.57. The smallest absolute Gasteiger partial charge is 0.301 e. The number of aryl methyl sites for hydroxylation is 2. The van der Waals surface area contributed by atoms with E-state index < -0.39 is 17.7 Å². The summed E-state index contributed by atoms with van der Waals surface area (Å²) in [6.07, 6.45) is 1.64. The first-order valence-corrected chi connectivity index (χ1v) is 11.4. The van der Waals surface area contributed by atoms with E-state index in [-0.39, 0.29) is 11.3 Å². The summed E-state index contributed by atoms with van der Waals surface area (Å²) in [5.74, 6) is -1.16. The van der Waals surface area contributed by atoms with Crippen LogP contribution in [0.15, 0.2) is 66.8 Å². The van der Waals surface area contributed by atoms with Gasteiger partial charge in [-0.15, -0.1) is 11.3 Å². The number of aliphatic hydroxyl groups excluding tert-OH is 1. The Labute approximate surface area is 200 Å². The summed E-state index contributed by atoms with van der Waals surface area (Å²) in [5, 5.41) is 12.0. The molecule has 1 N–H and O–H groups in total. The van der Waals surface area contributed by atoms with Crippen molar-refractivity contribution in [3.05, 3.63) is 93.5 Å². The van der Waals surface area contributed by atoms with Gasteiger partial charge in [0.1, 0.15) is 18.1 Å². The van der Waals surface area contributed by atoms with E-state index in [1.165, 1.54) is 16.2 Å². The number of anilines is 1. The Balaban J connectivity index is 1.88. The highest BCUT2D eigenvalue weighted by Crippen LogP contribution is 2.44. The molecule has 33 heavy (non-hydrogen) atoms. The molecule has 8 heteroatoms. The summed E-state index contributed by atoms with van der Waals surface area (Å²) in [4.78, 5) is 33.1. The van der Waals surface area contributed by atoms with Crippen molar-refractivity contribution < 1.29 is 19.4 Å². The van der Waals surface area contributed by atoms with Gasteiger partial charge in [0.15, 0.2) is 5.13 Å². The Morgan fingerprint density at radius 1 is 1.18 bits per heavy atom. The summed E-state index contributed by atoms with van der Waals surface area (Å²) < 4.78 is 5.55. The molecule has 1 aromatic heterocycles. The highest BCUT2D eigenvalue weighted by atomic mass is 35.5. The van der Waals surface area contributed by atoms with Crippen LogP contribution < -0.4 is 9.64 Å². The van der Waals surface area contributed by atoms with Gasteiger partial charge in [-0.1, -0.05) is 36.4 Å². The van der Waals surface area contributed by atoms with Crippen LogP contribution in [0.1, 0.15) is 27.7 Å². The third-order valence-electron chi connectivity index (χ3n) is 5.35. The fourth-order valence-corrected chi connectivity index (χ4v) is 4.63. The third kappa shape index (κ3) is 4.29. The van der Waals surface area contributed by atoms with Gasteiger partial charge in [0.25, 0.3) is 5.78 Å². The highest BCUT2D eigenvalue weighted by Gasteiger charge is 2.48. The van der Waals surface area contributed by atoms with E-state index in [2.05, 4.69) is 11.6 Å². The van der Waals surface area contributed by atoms with Gasteiger partial charge in [0, 0.05) is 15.5 Å². The van der Waals surface area contributed by atoms with Crippen molar-refractivity contribution in [1.82, 2.24) is 4.98 Å². The lowest BCUT2D eigenvalue weighted by molar-refractivity contribution is -0.132. The average Bonchev–Trinajstić information content (AvgIpc) is 3.28. The largest absolute Gasteiger partial charge is 0.507 e. The summed E-state index contributed by atoms with van der Waals surface area (Å²) >= 11 is 7.30. The molecule has 0 aliphatic carbocycles. The lowest BCUT2D eigenvalue weighted by Crippen LogP contribution is -2.29. The Morgan fingerprint density at radius 3 is 2.42 bits per heavy atom. The van der Waals surface area contributed by atoms with E-state index in [1.807, 2.05) is 13.8 Å². The van der Waals surface area contributed by atoms with Gasteiger partial charge in [0.2, 0.25) is 0 Å². The van der Waals surface area contributed by atoms with Gasteiger partial charge in [-0.25, -0.2) is 4.98 Å². The van der Waals surface area contributed by atoms with Crippen molar-refractivity contribution in [2.24, 2.45) is 0 Å². The van der Waals surface area contributed by atoms with Crippen molar-refractivity contribution in [1.29, 1.82) is 0 Å². The number of rotatable bonds is 6. The fraction of sp³-hybridized carbons (Fsp3) is 0.160. The van der Waals surface area contributed by atoms with Crippen LogP contribution in [-0.4, -0.2) is 28.4 Å². The lowest BCUT2D eigenvalue weighted by atomic mass is 9.95. The summed E-state index contributed by atoms with van der Waals surface area (Å²) in [7, 11) is 0. The lowest BCUT2D eigenvalue weighted by Gasteiger charge is -2.23. The Kier molecular flexibility index (Phi) is 6.35. The quantitative estimate of drug-likeness (QED) is 0.215. The van der Waals surface area contributed by atoms with Crippen LogP contribution in [0.2, 0.25) is 5.02 Å². The molecule has 0 unspecified atom stereocenters. The van der Waals surface area contributed by atoms with Gasteiger partial charge in [-0.2, -0.15) is 0 Å². The van der Waals surface area contributed by atoms with Crippen LogP contribution >= 0.6 is 22.9 Å². The Morgan fingerprint density at radius 2 is 1.85 bits per heavy atom. The monoisotopic (exact) mass is 480 g/mol. The zero-order valence-corrected chi connectivity index (χ0v) is 19.6. The van der Waals surface area contributed by atoms with Crippen LogP contribution in [0.25, 0.3) is 5.76 Å². The zero-order chi connectivity index (χ0) is 23.7.